The fourth-order valence-corrected chi connectivity index (χ4v) is 5.44. The highest BCUT2D eigenvalue weighted by atomic mass is 32.1. The number of nitrogens with one attached hydrogen (secondary N) is 2. The van der Waals surface area contributed by atoms with Crippen LogP contribution >= 0.6 is 11.3 Å². The molecule has 0 bridgehead atoms. The molecule has 1 fully saturated rings. The number of amides is 2. The van der Waals surface area contributed by atoms with Crippen LogP contribution in [0.25, 0.3) is 20.8 Å². The molecule has 1 aliphatic rings. The summed E-state index contributed by atoms with van der Waals surface area (Å²) in [6.07, 6.45) is 5.06. The molecule has 7 nitrogen and oxygen atoms in total. The van der Waals surface area contributed by atoms with E-state index in [9.17, 15) is 14.0 Å². The minimum absolute atomic E-state index is 0.0222. The molecule has 2 aromatic carbocycles. The molecule has 5 aromatic rings. The molecule has 2 N–H and O–H groups in total. The number of hydrogen-bond acceptors (Lipinski definition) is 6. The zero-order valence-corrected chi connectivity index (χ0v) is 22.7. The monoisotopic (exact) mass is 570 g/mol. The van der Waals surface area contributed by atoms with Crippen molar-refractivity contribution in [2.45, 2.75) is 26.2 Å². The second kappa shape index (κ2) is 10.7. The van der Waals surface area contributed by atoms with Gasteiger partial charge in [-0.25, -0.2) is 8.78 Å². The van der Waals surface area contributed by atoms with Crippen LogP contribution < -0.4 is 15.4 Å². The fraction of sp³-hybridized carbons (Fsp3) is 0.161. The van der Waals surface area contributed by atoms with Crippen molar-refractivity contribution in [3.05, 3.63) is 96.3 Å². The zero-order valence-electron chi connectivity index (χ0n) is 21.9. The van der Waals surface area contributed by atoms with Crippen molar-refractivity contribution in [2.24, 2.45) is 5.41 Å². The Hall–Kier alpha value is -4.70. The first-order chi connectivity index (χ1) is 19.8. The number of aryl methyl sites for hydroxylation is 1. The third kappa shape index (κ3) is 5.38. The van der Waals surface area contributed by atoms with E-state index in [2.05, 4.69) is 27.5 Å². The van der Waals surface area contributed by atoms with Gasteiger partial charge < -0.3 is 15.4 Å². The molecule has 3 aromatic heterocycles. The molecule has 0 saturated heterocycles. The fourth-order valence-electron chi connectivity index (χ4n) is 4.40. The molecule has 41 heavy (non-hydrogen) atoms. The van der Waals surface area contributed by atoms with Crippen LogP contribution in [0.1, 0.15) is 25.3 Å². The minimum atomic E-state index is -1.26. The average molecular weight is 571 g/mol. The third-order valence-electron chi connectivity index (χ3n) is 6.99. The van der Waals surface area contributed by atoms with Crippen molar-refractivity contribution in [1.82, 2.24) is 9.97 Å². The largest absolute Gasteiger partial charge is 0.453 e. The van der Waals surface area contributed by atoms with Crippen molar-refractivity contribution in [1.29, 1.82) is 0 Å². The number of rotatable bonds is 8. The average Bonchev–Trinajstić information content (AvgIpc) is 3.68. The summed E-state index contributed by atoms with van der Waals surface area (Å²) in [7, 11) is 0. The summed E-state index contributed by atoms with van der Waals surface area (Å²) in [5.41, 5.74) is 2.00. The molecule has 0 aliphatic heterocycles. The van der Waals surface area contributed by atoms with E-state index >= 15 is 4.39 Å². The van der Waals surface area contributed by atoms with Gasteiger partial charge in [0.05, 0.1) is 20.8 Å². The number of thiophene rings is 1. The van der Waals surface area contributed by atoms with Crippen molar-refractivity contribution in [3.63, 3.8) is 0 Å². The SMILES string of the molecule is CCc1ccc(-c2cc3nccc(Oc4ccc(NC(=O)C5(C(=O)Nc6ccc(F)cc6)CC5)cc4F)c3s2)nc1. The van der Waals surface area contributed by atoms with E-state index in [1.54, 1.807) is 12.3 Å². The molecule has 3 heterocycles. The molecule has 2 amide bonds. The summed E-state index contributed by atoms with van der Waals surface area (Å²) in [6.45, 7) is 2.07. The van der Waals surface area contributed by atoms with Crippen molar-refractivity contribution >= 4 is 44.7 Å². The smallest absolute Gasteiger partial charge is 0.240 e. The Balaban J connectivity index is 1.16. The number of ether oxygens (including phenoxy) is 1. The standard InChI is InChI=1S/C31H24F2N4O3S/c1-2-18-3-9-23(35-17-18)27-16-24-28(41-27)26(11-14-34-24)40-25-10-8-21(15-22(25)33)37-30(39)31(12-13-31)29(38)36-20-6-4-19(32)5-7-20/h3-11,14-17H,2,12-13H2,1H3,(H,36,38)(H,37,39). The lowest BCUT2D eigenvalue weighted by atomic mass is 10.0. The Labute approximate surface area is 238 Å². The summed E-state index contributed by atoms with van der Waals surface area (Å²) >= 11 is 1.45. The maximum absolute atomic E-state index is 15.1. The van der Waals surface area contributed by atoms with Crippen molar-refractivity contribution < 1.29 is 23.1 Å². The van der Waals surface area contributed by atoms with Crippen molar-refractivity contribution in [3.8, 4) is 22.1 Å². The number of pyridine rings is 2. The second-order valence-corrected chi connectivity index (χ2v) is 10.8. The highest BCUT2D eigenvalue weighted by molar-refractivity contribution is 7.22. The number of aromatic nitrogens is 2. The van der Waals surface area contributed by atoms with E-state index in [1.807, 2.05) is 24.4 Å². The Kier molecular flexibility index (Phi) is 6.92. The topological polar surface area (TPSA) is 93.2 Å². The highest BCUT2D eigenvalue weighted by Crippen LogP contribution is 2.47. The van der Waals surface area contributed by atoms with Crippen LogP contribution in [-0.2, 0) is 16.0 Å². The van der Waals surface area contributed by atoms with Crippen LogP contribution in [0.2, 0.25) is 0 Å². The van der Waals surface area contributed by atoms with Crippen LogP contribution in [-0.4, -0.2) is 21.8 Å². The van der Waals surface area contributed by atoms with Gasteiger partial charge in [-0.15, -0.1) is 11.3 Å². The molecule has 1 aliphatic carbocycles. The summed E-state index contributed by atoms with van der Waals surface area (Å²) in [6, 6.07) is 17.0. The van der Waals surface area contributed by atoms with Crippen LogP contribution in [0.15, 0.2) is 79.1 Å². The highest BCUT2D eigenvalue weighted by Gasteiger charge is 2.56. The van der Waals surface area contributed by atoms with Gasteiger partial charge in [0.2, 0.25) is 11.8 Å². The summed E-state index contributed by atoms with van der Waals surface area (Å²) < 4.78 is 35.0. The van der Waals surface area contributed by atoms with E-state index in [1.165, 1.54) is 47.7 Å². The minimum Gasteiger partial charge on any atom is -0.453 e. The quantitative estimate of drug-likeness (QED) is 0.190. The van der Waals surface area contributed by atoms with E-state index in [4.69, 9.17) is 4.74 Å². The number of carbonyl (C=O) groups is 2. The zero-order chi connectivity index (χ0) is 28.6. The molecule has 206 valence electrons. The molecule has 0 atom stereocenters. The maximum atomic E-state index is 15.1. The first-order valence-corrected chi connectivity index (χ1v) is 13.9. The molecule has 1 saturated carbocycles. The number of fused-ring (bicyclic) bond motifs is 1. The van der Waals surface area contributed by atoms with Gasteiger partial charge in [0.25, 0.3) is 0 Å². The number of benzene rings is 2. The summed E-state index contributed by atoms with van der Waals surface area (Å²) in [5.74, 6) is -1.71. The van der Waals surface area contributed by atoms with E-state index < -0.39 is 28.9 Å². The van der Waals surface area contributed by atoms with Crippen LogP contribution in [0.4, 0.5) is 20.2 Å². The summed E-state index contributed by atoms with van der Waals surface area (Å²) in [4.78, 5) is 35.7. The molecule has 0 radical (unpaired) electrons. The Morgan fingerprint density at radius 2 is 1.63 bits per heavy atom. The maximum Gasteiger partial charge on any atom is 0.240 e. The first-order valence-electron chi connectivity index (χ1n) is 13.0. The van der Waals surface area contributed by atoms with Crippen LogP contribution in [0.3, 0.4) is 0 Å². The molecular formula is C31H24F2N4O3S. The second-order valence-electron chi connectivity index (χ2n) is 9.78. The van der Waals surface area contributed by atoms with Gasteiger partial charge in [0.1, 0.15) is 17.0 Å². The number of halogens is 2. The Morgan fingerprint density at radius 1 is 0.902 bits per heavy atom. The van der Waals surface area contributed by atoms with Gasteiger partial charge in [0.15, 0.2) is 11.6 Å². The lowest BCUT2D eigenvalue weighted by Gasteiger charge is -2.16. The summed E-state index contributed by atoms with van der Waals surface area (Å²) in [5, 5.41) is 5.29. The molecule has 0 unspecified atom stereocenters. The van der Waals surface area contributed by atoms with Gasteiger partial charge in [0, 0.05) is 35.9 Å². The number of anilines is 2. The Bertz CT molecular complexity index is 1770. The van der Waals surface area contributed by atoms with E-state index in [0.717, 1.165) is 33.3 Å². The number of carbonyl (C=O) groups excluding carboxylic acids is 2. The predicted octanol–water partition coefficient (Wildman–Crippen LogP) is 7.35. The lowest BCUT2D eigenvalue weighted by molar-refractivity contribution is -0.131. The van der Waals surface area contributed by atoms with Gasteiger partial charge in [-0.3, -0.25) is 19.6 Å². The molecule has 6 rings (SSSR count). The van der Waals surface area contributed by atoms with Crippen LogP contribution in [0, 0.1) is 17.0 Å². The van der Waals surface area contributed by atoms with Crippen molar-refractivity contribution in [2.75, 3.05) is 10.6 Å². The Morgan fingerprint density at radius 3 is 2.29 bits per heavy atom. The molecular weight excluding hydrogens is 546 g/mol. The lowest BCUT2D eigenvalue weighted by Crippen LogP contribution is -2.35. The third-order valence-corrected chi connectivity index (χ3v) is 8.15. The number of hydrogen-bond donors (Lipinski definition) is 2. The first kappa shape index (κ1) is 26.5. The van der Waals surface area contributed by atoms with E-state index in [-0.39, 0.29) is 11.4 Å². The predicted molar refractivity (Wildman–Crippen MR) is 154 cm³/mol. The van der Waals surface area contributed by atoms with Gasteiger partial charge in [-0.1, -0.05) is 13.0 Å². The van der Waals surface area contributed by atoms with Gasteiger partial charge in [-0.2, -0.15) is 0 Å². The number of nitrogens with zero attached hydrogens (tertiary/aromatic N) is 2. The van der Waals surface area contributed by atoms with Gasteiger partial charge in [-0.05, 0) is 73.4 Å². The van der Waals surface area contributed by atoms with Gasteiger partial charge >= 0.3 is 0 Å². The molecule has 10 heteroatoms. The van der Waals surface area contributed by atoms with Crippen LogP contribution in [0.5, 0.6) is 11.5 Å². The molecule has 0 spiro atoms. The van der Waals surface area contributed by atoms with E-state index in [0.29, 0.717) is 29.8 Å². The normalized spacial score (nSPS) is 13.5.